The fourth-order valence-corrected chi connectivity index (χ4v) is 2.72. The zero-order chi connectivity index (χ0) is 14.8. The van der Waals surface area contributed by atoms with E-state index in [0.29, 0.717) is 22.8 Å². The first-order chi connectivity index (χ1) is 10.1. The zero-order valence-corrected chi connectivity index (χ0v) is 11.9. The molecule has 0 amide bonds. The van der Waals surface area contributed by atoms with Gasteiger partial charge in [0, 0.05) is 11.5 Å². The number of ketones is 1. The molecule has 1 aliphatic carbocycles. The summed E-state index contributed by atoms with van der Waals surface area (Å²) in [5, 5.41) is 3.83. The van der Waals surface area contributed by atoms with Crippen molar-refractivity contribution >= 4 is 5.78 Å². The van der Waals surface area contributed by atoms with Crippen LogP contribution in [0.4, 0.5) is 4.39 Å². The van der Waals surface area contributed by atoms with Crippen LogP contribution in [0.3, 0.4) is 0 Å². The maximum atomic E-state index is 13.5. The number of carbonyl (C=O) groups excluding carboxylic acids is 1. The maximum absolute atomic E-state index is 13.5. The Labute approximate surface area is 122 Å². The first kappa shape index (κ1) is 13.9. The van der Waals surface area contributed by atoms with E-state index in [0.717, 1.165) is 25.7 Å². The second-order valence-corrected chi connectivity index (χ2v) is 5.60. The van der Waals surface area contributed by atoms with Crippen LogP contribution in [0.5, 0.6) is 0 Å². The quantitative estimate of drug-likeness (QED) is 0.864. The Kier molecular flexibility index (Phi) is 3.82. The van der Waals surface area contributed by atoms with E-state index in [1.165, 1.54) is 6.07 Å². The molecule has 1 aliphatic rings. The molecule has 0 aliphatic heterocycles. The van der Waals surface area contributed by atoms with Crippen molar-refractivity contribution in [3.05, 3.63) is 35.5 Å². The maximum Gasteiger partial charge on any atom is 0.234 e. The number of carbonyl (C=O) groups is 1. The van der Waals surface area contributed by atoms with E-state index in [-0.39, 0.29) is 23.9 Å². The highest BCUT2D eigenvalue weighted by Gasteiger charge is 2.24. The predicted octanol–water partition coefficient (Wildman–Crippen LogP) is 3.49. The number of aryl methyl sites for hydroxylation is 1. The van der Waals surface area contributed by atoms with Crippen LogP contribution in [-0.2, 0) is 11.2 Å². The third-order valence-corrected chi connectivity index (χ3v) is 4.03. The number of halogens is 1. The molecule has 0 unspecified atom stereocenters. The summed E-state index contributed by atoms with van der Waals surface area (Å²) in [4.78, 5) is 16.3. The topological polar surface area (TPSA) is 56.0 Å². The summed E-state index contributed by atoms with van der Waals surface area (Å²) in [6.45, 7) is 1.70. The third-order valence-electron chi connectivity index (χ3n) is 4.03. The Hall–Kier alpha value is -2.04. The Morgan fingerprint density at radius 2 is 2.14 bits per heavy atom. The van der Waals surface area contributed by atoms with Crippen LogP contribution in [-0.4, -0.2) is 15.9 Å². The standard InChI is InChI=1S/C16H17FN2O2/c1-10-6-7-12(8-13(10)17)16-18-15(21-19-16)9-14(20)11-4-2-3-5-11/h6-8,11H,2-5,9H2,1H3. The van der Waals surface area contributed by atoms with Gasteiger partial charge < -0.3 is 4.52 Å². The van der Waals surface area contributed by atoms with Crippen LogP contribution in [0.25, 0.3) is 11.4 Å². The lowest BCUT2D eigenvalue weighted by Gasteiger charge is -2.04. The molecule has 1 fully saturated rings. The Balaban J connectivity index is 1.73. The second-order valence-electron chi connectivity index (χ2n) is 5.60. The lowest BCUT2D eigenvalue weighted by Crippen LogP contribution is -2.13. The van der Waals surface area contributed by atoms with Crippen LogP contribution in [0.2, 0.25) is 0 Å². The average molecular weight is 288 g/mol. The van der Waals surface area contributed by atoms with Gasteiger partial charge in [-0.25, -0.2) is 4.39 Å². The Morgan fingerprint density at radius 1 is 1.38 bits per heavy atom. The molecule has 21 heavy (non-hydrogen) atoms. The molecule has 5 heteroatoms. The van der Waals surface area contributed by atoms with E-state index in [1.807, 2.05) is 0 Å². The van der Waals surface area contributed by atoms with Crippen molar-refractivity contribution in [3.8, 4) is 11.4 Å². The van der Waals surface area contributed by atoms with Crippen molar-refractivity contribution in [2.45, 2.75) is 39.0 Å². The lowest BCUT2D eigenvalue weighted by atomic mass is 10.0. The number of nitrogens with zero attached hydrogens (tertiary/aromatic N) is 2. The van der Waals surface area contributed by atoms with Gasteiger partial charge in [-0.2, -0.15) is 4.98 Å². The summed E-state index contributed by atoms with van der Waals surface area (Å²) >= 11 is 0. The van der Waals surface area contributed by atoms with Gasteiger partial charge in [-0.05, 0) is 31.4 Å². The number of aromatic nitrogens is 2. The molecule has 110 valence electrons. The summed E-state index contributed by atoms with van der Waals surface area (Å²) < 4.78 is 18.7. The van der Waals surface area contributed by atoms with E-state index in [9.17, 15) is 9.18 Å². The van der Waals surface area contributed by atoms with Crippen LogP contribution in [0.15, 0.2) is 22.7 Å². The van der Waals surface area contributed by atoms with Gasteiger partial charge in [-0.15, -0.1) is 0 Å². The number of hydrogen-bond donors (Lipinski definition) is 0. The number of rotatable bonds is 4. The molecule has 1 aromatic heterocycles. The predicted molar refractivity (Wildman–Crippen MR) is 75.1 cm³/mol. The minimum Gasteiger partial charge on any atom is -0.339 e. The van der Waals surface area contributed by atoms with Crippen molar-refractivity contribution in [1.82, 2.24) is 10.1 Å². The first-order valence-electron chi connectivity index (χ1n) is 7.25. The molecule has 3 rings (SSSR count). The van der Waals surface area contributed by atoms with Crippen LogP contribution < -0.4 is 0 Å². The van der Waals surface area contributed by atoms with E-state index in [1.54, 1.807) is 19.1 Å². The van der Waals surface area contributed by atoms with Gasteiger partial charge in [-0.1, -0.05) is 30.1 Å². The van der Waals surface area contributed by atoms with Gasteiger partial charge in [-0.3, -0.25) is 4.79 Å². The zero-order valence-electron chi connectivity index (χ0n) is 11.9. The Morgan fingerprint density at radius 3 is 2.86 bits per heavy atom. The molecular formula is C16H17FN2O2. The number of benzene rings is 1. The number of hydrogen-bond acceptors (Lipinski definition) is 4. The van der Waals surface area contributed by atoms with Crippen molar-refractivity contribution in [2.24, 2.45) is 5.92 Å². The molecule has 0 N–H and O–H groups in total. The summed E-state index contributed by atoms with van der Waals surface area (Å²) in [7, 11) is 0. The molecule has 0 atom stereocenters. The number of Topliss-reactive ketones (excluding diaryl/α,β-unsaturated/α-hetero) is 1. The summed E-state index contributed by atoms with van der Waals surface area (Å²) in [6.07, 6.45) is 4.33. The molecule has 2 aromatic rings. The van der Waals surface area contributed by atoms with E-state index < -0.39 is 0 Å². The van der Waals surface area contributed by atoms with Crippen molar-refractivity contribution in [1.29, 1.82) is 0 Å². The summed E-state index contributed by atoms with van der Waals surface area (Å²) in [6, 6.07) is 4.79. The average Bonchev–Trinajstić information content (AvgIpc) is 3.12. The summed E-state index contributed by atoms with van der Waals surface area (Å²) in [5.74, 6) is 0.627. The minimum absolute atomic E-state index is 0.136. The minimum atomic E-state index is -0.305. The second kappa shape index (κ2) is 5.76. The molecule has 0 spiro atoms. The van der Waals surface area contributed by atoms with E-state index in [4.69, 9.17) is 4.52 Å². The fraction of sp³-hybridized carbons (Fsp3) is 0.438. The van der Waals surface area contributed by atoms with Crippen molar-refractivity contribution < 1.29 is 13.7 Å². The lowest BCUT2D eigenvalue weighted by molar-refractivity contribution is -0.122. The highest BCUT2D eigenvalue weighted by Crippen LogP contribution is 2.26. The highest BCUT2D eigenvalue weighted by molar-refractivity contribution is 5.82. The van der Waals surface area contributed by atoms with Gasteiger partial charge in [0.15, 0.2) is 0 Å². The van der Waals surface area contributed by atoms with E-state index >= 15 is 0 Å². The molecule has 1 heterocycles. The van der Waals surface area contributed by atoms with Gasteiger partial charge in [0.1, 0.15) is 11.6 Å². The Bertz CT molecular complexity index is 660. The van der Waals surface area contributed by atoms with Gasteiger partial charge in [0.2, 0.25) is 11.7 Å². The van der Waals surface area contributed by atoms with E-state index in [2.05, 4.69) is 10.1 Å². The largest absolute Gasteiger partial charge is 0.339 e. The molecule has 0 radical (unpaired) electrons. The van der Waals surface area contributed by atoms with Crippen LogP contribution in [0.1, 0.15) is 37.1 Å². The smallest absolute Gasteiger partial charge is 0.234 e. The molecule has 1 aromatic carbocycles. The normalized spacial score (nSPS) is 15.5. The fourth-order valence-electron chi connectivity index (χ4n) is 2.72. The van der Waals surface area contributed by atoms with Gasteiger partial charge >= 0.3 is 0 Å². The molecular weight excluding hydrogens is 271 g/mol. The van der Waals surface area contributed by atoms with Crippen LogP contribution in [0, 0.1) is 18.7 Å². The molecule has 0 bridgehead atoms. The third kappa shape index (κ3) is 3.01. The highest BCUT2D eigenvalue weighted by atomic mass is 19.1. The molecule has 4 nitrogen and oxygen atoms in total. The monoisotopic (exact) mass is 288 g/mol. The molecule has 0 saturated heterocycles. The first-order valence-corrected chi connectivity index (χ1v) is 7.25. The SMILES string of the molecule is Cc1ccc(-c2noc(CC(=O)C3CCCC3)n2)cc1F. The summed E-state index contributed by atoms with van der Waals surface area (Å²) in [5.41, 5.74) is 1.13. The van der Waals surface area contributed by atoms with Crippen molar-refractivity contribution in [3.63, 3.8) is 0 Å². The van der Waals surface area contributed by atoms with Gasteiger partial charge in [0.25, 0.3) is 0 Å². The van der Waals surface area contributed by atoms with Crippen molar-refractivity contribution in [2.75, 3.05) is 0 Å². The van der Waals surface area contributed by atoms with Gasteiger partial charge in [0.05, 0.1) is 6.42 Å². The molecule has 1 saturated carbocycles. The van der Waals surface area contributed by atoms with Crippen LogP contribution >= 0.6 is 0 Å².